The van der Waals surface area contributed by atoms with E-state index >= 15 is 0 Å². The first-order valence-electron chi connectivity index (χ1n) is 8.35. The van der Waals surface area contributed by atoms with Gasteiger partial charge in [0.1, 0.15) is 5.82 Å². The highest BCUT2D eigenvalue weighted by Gasteiger charge is 2.09. The maximum atomic E-state index is 12.3. The van der Waals surface area contributed by atoms with Crippen LogP contribution in [0.1, 0.15) is 28.4 Å². The molecule has 25 heavy (non-hydrogen) atoms. The van der Waals surface area contributed by atoms with Gasteiger partial charge >= 0.3 is 0 Å². The minimum absolute atomic E-state index is 0.128. The third-order valence-corrected chi connectivity index (χ3v) is 4.07. The molecule has 3 aromatic rings. The molecule has 0 spiro atoms. The summed E-state index contributed by atoms with van der Waals surface area (Å²) in [6, 6.07) is 19.4. The van der Waals surface area contributed by atoms with Crippen LogP contribution >= 0.6 is 0 Å². The monoisotopic (exact) mass is 331 g/mol. The molecule has 0 aliphatic rings. The molecule has 126 valence electrons. The Hall–Kier alpha value is -3.14. The number of hydrogen-bond acceptors (Lipinski definition) is 3. The summed E-state index contributed by atoms with van der Waals surface area (Å²) in [7, 11) is 0. The van der Waals surface area contributed by atoms with Crippen molar-refractivity contribution in [3.63, 3.8) is 0 Å². The SMILES string of the molecule is CCc1ccccc1Nc1ccc(NC(=O)c2ccccc2C)cn1. The van der Waals surface area contributed by atoms with E-state index in [0.29, 0.717) is 11.3 Å². The molecule has 4 heteroatoms. The van der Waals surface area contributed by atoms with Gasteiger partial charge in [-0.25, -0.2) is 4.98 Å². The Morgan fingerprint density at radius 3 is 2.48 bits per heavy atom. The lowest BCUT2D eigenvalue weighted by molar-refractivity contribution is 0.102. The van der Waals surface area contributed by atoms with E-state index in [9.17, 15) is 4.79 Å². The lowest BCUT2D eigenvalue weighted by atomic mass is 10.1. The van der Waals surface area contributed by atoms with Crippen LogP contribution in [0, 0.1) is 6.92 Å². The van der Waals surface area contributed by atoms with Crippen LogP contribution in [0.25, 0.3) is 0 Å². The average Bonchev–Trinajstić information content (AvgIpc) is 2.64. The van der Waals surface area contributed by atoms with Crippen molar-refractivity contribution in [2.24, 2.45) is 0 Å². The summed E-state index contributed by atoms with van der Waals surface area (Å²) in [6.07, 6.45) is 2.61. The standard InChI is InChI=1S/C21H21N3O/c1-3-16-9-5-7-11-19(16)24-20-13-12-17(14-22-20)23-21(25)18-10-6-4-8-15(18)2/h4-14H,3H2,1-2H3,(H,22,24)(H,23,25). The van der Waals surface area contributed by atoms with Crippen LogP contribution in [0.5, 0.6) is 0 Å². The van der Waals surface area contributed by atoms with Crippen molar-refractivity contribution in [2.45, 2.75) is 20.3 Å². The molecular formula is C21H21N3O. The third-order valence-electron chi connectivity index (χ3n) is 4.07. The molecule has 1 aromatic heterocycles. The number of hydrogen-bond donors (Lipinski definition) is 2. The highest BCUT2D eigenvalue weighted by molar-refractivity contribution is 6.05. The third kappa shape index (κ3) is 4.04. The van der Waals surface area contributed by atoms with Crippen LogP contribution in [0.3, 0.4) is 0 Å². The first kappa shape index (κ1) is 16.7. The Kier molecular flexibility index (Phi) is 5.09. The number of carbonyl (C=O) groups excluding carboxylic acids is 1. The summed E-state index contributed by atoms with van der Waals surface area (Å²) in [5.74, 6) is 0.617. The highest BCUT2D eigenvalue weighted by atomic mass is 16.1. The molecule has 0 bridgehead atoms. The van der Waals surface area contributed by atoms with Gasteiger partial charge in [0.25, 0.3) is 5.91 Å². The Labute approximate surface area is 147 Å². The summed E-state index contributed by atoms with van der Waals surface area (Å²) in [6.45, 7) is 4.05. The summed E-state index contributed by atoms with van der Waals surface area (Å²) < 4.78 is 0. The summed E-state index contributed by atoms with van der Waals surface area (Å²) >= 11 is 0. The minimum Gasteiger partial charge on any atom is -0.340 e. The number of amides is 1. The molecule has 0 aliphatic heterocycles. The van der Waals surface area contributed by atoms with E-state index in [4.69, 9.17) is 0 Å². The van der Waals surface area contributed by atoms with Crippen molar-refractivity contribution in [3.05, 3.63) is 83.6 Å². The Morgan fingerprint density at radius 2 is 1.76 bits per heavy atom. The summed E-state index contributed by atoms with van der Waals surface area (Å²) in [5, 5.41) is 6.20. The topological polar surface area (TPSA) is 54.0 Å². The molecular weight excluding hydrogens is 310 g/mol. The Balaban J connectivity index is 1.70. The molecule has 0 unspecified atom stereocenters. The number of benzene rings is 2. The zero-order valence-corrected chi connectivity index (χ0v) is 14.4. The maximum Gasteiger partial charge on any atom is 0.255 e. The van der Waals surface area contributed by atoms with Crippen molar-refractivity contribution >= 4 is 23.1 Å². The van der Waals surface area contributed by atoms with E-state index in [1.165, 1.54) is 5.56 Å². The van der Waals surface area contributed by atoms with E-state index in [-0.39, 0.29) is 5.91 Å². The zero-order valence-electron chi connectivity index (χ0n) is 14.4. The van der Waals surface area contributed by atoms with Crippen molar-refractivity contribution in [2.75, 3.05) is 10.6 Å². The van der Waals surface area contributed by atoms with Gasteiger partial charge in [-0.15, -0.1) is 0 Å². The summed E-state index contributed by atoms with van der Waals surface area (Å²) in [5.41, 5.74) is 4.57. The number of para-hydroxylation sites is 1. The van der Waals surface area contributed by atoms with Crippen LogP contribution < -0.4 is 10.6 Å². The Bertz CT molecular complexity index is 872. The minimum atomic E-state index is -0.128. The van der Waals surface area contributed by atoms with Gasteiger partial charge in [-0.2, -0.15) is 0 Å². The predicted octanol–water partition coefficient (Wildman–Crippen LogP) is 4.95. The first-order chi connectivity index (χ1) is 12.2. The molecule has 0 atom stereocenters. The van der Waals surface area contributed by atoms with Crippen LogP contribution in [0.2, 0.25) is 0 Å². The number of anilines is 3. The lowest BCUT2D eigenvalue weighted by Gasteiger charge is -2.11. The second kappa shape index (κ2) is 7.62. The number of rotatable bonds is 5. The highest BCUT2D eigenvalue weighted by Crippen LogP contribution is 2.21. The van der Waals surface area contributed by atoms with E-state index in [1.807, 2.05) is 61.5 Å². The molecule has 2 N–H and O–H groups in total. The lowest BCUT2D eigenvalue weighted by Crippen LogP contribution is -2.13. The second-order valence-electron chi connectivity index (χ2n) is 5.84. The van der Waals surface area contributed by atoms with Crippen LogP contribution in [0.4, 0.5) is 17.2 Å². The number of carbonyl (C=O) groups is 1. The van der Waals surface area contributed by atoms with E-state index < -0.39 is 0 Å². The van der Waals surface area contributed by atoms with Crippen LogP contribution in [0.15, 0.2) is 66.9 Å². The Morgan fingerprint density at radius 1 is 1.00 bits per heavy atom. The molecule has 0 saturated heterocycles. The number of pyridine rings is 1. The van der Waals surface area contributed by atoms with Gasteiger partial charge < -0.3 is 10.6 Å². The fourth-order valence-electron chi connectivity index (χ4n) is 2.66. The van der Waals surface area contributed by atoms with Gasteiger partial charge in [0.2, 0.25) is 0 Å². The van der Waals surface area contributed by atoms with Crippen molar-refractivity contribution in [1.29, 1.82) is 0 Å². The number of nitrogens with zero attached hydrogens (tertiary/aromatic N) is 1. The number of aromatic nitrogens is 1. The van der Waals surface area contributed by atoms with Gasteiger partial charge in [-0.1, -0.05) is 43.3 Å². The zero-order chi connectivity index (χ0) is 17.6. The van der Waals surface area contributed by atoms with E-state index in [2.05, 4.69) is 28.6 Å². The van der Waals surface area contributed by atoms with Gasteiger partial charge in [0.15, 0.2) is 0 Å². The normalized spacial score (nSPS) is 10.3. The second-order valence-corrected chi connectivity index (χ2v) is 5.84. The van der Waals surface area contributed by atoms with Crippen LogP contribution in [-0.2, 0) is 6.42 Å². The largest absolute Gasteiger partial charge is 0.340 e. The average molecular weight is 331 g/mol. The van der Waals surface area contributed by atoms with Crippen molar-refractivity contribution in [1.82, 2.24) is 4.98 Å². The predicted molar refractivity (Wildman–Crippen MR) is 102 cm³/mol. The van der Waals surface area contributed by atoms with Gasteiger partial charge in [0, 0.05) is 11.3 Å². The molecule has 1 heterocycles. The molecule has 1 amide bonds. The van der Waals surface area contributed by atoms with Crippen molar-refractivity contribution in [3.8, 4) is 0 Å². The smallest absolute Gasteiger partial charge is 0.255 e. The van der Waals surface area contributed by atoms with E-state index in [1.54, 1.807) is 6.20 Å². The fourth-order valence-corrected chi connectivity index (χ4v) is 2.66. The quantitative estimate of drug-likeness (QED) is 0.695. The van der Waals surface area contributed by atoms with Crippen LogP contribution in [-0.4, -0.2) is 10.9 Å². The van der Waals surface area contributed by atoms with Gasteiger partial charge in [-0.3, -0.25) is 4.79 Å². The maximum absolute atomic E-state index is 12.3. The van der Waals surface area contributed by atoms with Gasteiger partial charge in [-0.05, 0) is 48.7 Å². The number of aryl methyl sites for hydroxylation is 2. The molecule has 2 aromatic carbocycles. The van der Waals surface area contributed by atoms with Gasteiger partial charge in [0.05, 0.1) is 11.9 Å². The summed E-state index contributed by atoms with van der Waals surface area (Å²) in [4.78, 5) is 16.7. The van der Waals surface area contributed by atoms with E-state index in [0.717, 1.165) is 23.5 Å². The molecule has 0 saturated carbocycles. The molecule has 4 nitrogen and oxygen atoms in total. The molecule has 3 rings (SSSR count). The molecule has 0 fully saturated rings. The number of nitrogens with one attached hydrogen (secondary N) is 2. The first-order valence-corrected chi connectivity index (χ1v) is 8.35. The fraction of sp³-hybridized carbons (Fsp3) is 0.143. The van der Waals surface area contributed by atoms with Crippen molar-refractivity contribution < 1.29 is 4.79 Å². The molecule has 0 radical (unpaired) electrons. The molecule has 0 aliphatic carbocycles.